The van der Waals surface area contributed by atoms with Gasteiger partial charge in [-0.15, -0.1) is 22.7 Å². The number of nitrogens with zero attached hydrogens (tertiary/aromatic N) is 6. The number of halogens is 1. The van der Waals surface area contributed by atoms with Crippen LogP contribution in [-0.4, -0.2) is 43.1 Å². The highest BCUT2D eigenvalue weighted by atomic mass is 35.5. The molecule has 5 rings (SSSR count). The summed E-state index contributed by atoms with van der Waals surface area (Å²) in [4.78, 5) is 51.8. The fourth-order valence-electron chi connectivity index (χ4n) is 4.26. The summed E-state index contributed by atoms with van der Waals surface area (Å²) in [7, 11) is 1.87. The predicted molar refractivity (Wildman–Crippen MR) is 163 cm³/mol. The van der Waals surface area contributed by atoms with Crippen molar-refractivity contribution in [2.45, 2.75) is 33.9 Å². The Kier molecular flexibility index (Phi) is 8.03. The Morgan fingerprint density at radius 2 is 1.93 bits per heavy atom. The third-order valence-corrected chi connectivity index (χ3v) is 8.17. The first-order valence-corrected chi connectivity index (χ1v) is 14.8. The van der Waals surface area contributed by atoms with Gasteiger partial charge in [-0.05, 0) is 30.3 Å². The molecule has 0 atom stereocenters. The molecule has 5 aromatic rings. The molecule has 0 aliphatic rings. The van der Waals surface area contributed by atoms with Crippen molar-refractivity contribution >= 4 is 51.8 Å². The smallest absolute Gasteiger partial charge is 0.259 e. The highest BCUT2D eigenvalue weighted by molar-refractivity contribution is 7.16. The molecule has 0 aliphatic heterocycles. The first-order valence-electron chi connectivity index (χ1n) is 12.7. The molecule has 0 aromatic carbocycles. The summed E-state index contributed by atoms with van der Waals surface area (Å²) in [6.45, 7) is 5.72. The Balaban J connectivity index is 1.65. The Morgan fingerprint density at radius 3 is 2.56 bits per heavy atom. The van der Waals surface area contributed by atoms with Gasteiger partial charge in [0.15, 0.2) is 0 Å². The van der Waals surface area contributed by atoms with E-state index in [2.05, 4.69) is 9.97 Å². The van der Waals surface area contributed by atoms with Crippen molar-refractivity contribution in [2.24, 2.45) is 5.41 Å². The summed E-state index contributed by atoms with van der Waals surface area (Å²) < 4.78 is 3.44. The van der Waals surface area contributed by atoms with Gasteiger partial charge in [-0.3, -0.25) is 23.9 Å². The van der Waals surface area contributed by atoms with Crippen LogP contribution in [0, 0.1) is 5.41 Å². The van der Waals surface area contributed by atoms with Crippen LogP contribution in [0.15, 0.2) is 70.5 Å². The molecule has 0 radical (unpaired) electrons. The molecule has 5 aromatic heterocycles. The second-order valence-corrected chi connectivity index (χ2v) is 13.0. The molecule has 41 heavy (non-hydrogen) atoms. The van der Waals surface area contributed by atoms with Crippen LogP contribution in [0.2, 0.25) is 4.34 Å². The summed E-state index contributed by atoms with van der Waals surface area (Å²) in [5.41, 5.74) is 2.56. The lowest BCUT2D eigenvalue weighted by Gasteiger charge is -2.22. The molecule has 0 saturated carbocycles. The van der Waals surface area contributed by atoms with Crippen molar-refractivity contribution in [1.82, 2.24) is 24.3 Å². The van der Waals surface area contributed by atoms with Gasteiger partial charge >= 0.3 is 0 Å². The monoisotopic (exact) mass is 606 g/mol. The van der Waals surface area contributed by atoms with E-state index >= 15 is 0 Å². The van der Waals surface area contributed by atoms with E-state index in [9.17, 15) is 14.4 Å². The molecule has 0 saturated heterocycles. The maximum absolute atomic E-state index is 13.9. The third kappa shape index (κ3) is 6.07. The fourth-order valence-corrected chi connectivity index (χ4v) is 5.96. The summed E-state index contributed by atoms with van der Waals surface area (Å²) in [6, 6.07) is 12.5. The Hall–Kier alpha value is -3.93. The minimum atomic E-state index is -0.727. The van der Waals surface area contributed by atoms with Crippen LogP contribution in [0.5, 0.6) is 0 Å². The number of ketones is 1. The first kappa shape index (κ1) is 28.6. The molecule has 9 nitrogen and oxygen atoms in total. The van der Waals surface area contributed by atoms with Gasteiger partial charge < -0.3 is 4.90 Å². The molecular weight excluding hydrogens is 580 g/mol. The summed E-state index contributed by atoms with van der Waals surface area (Å²) in [6.07, 6.45) is 3.23. The molecule has 12 heteroatoms. The van der Waals surface area contributed by atoms with Crippen LogP contribution in [0.3, 0.4) is 0 Å². The normalized spacial score (nSPS) is 11.5. The number of rotatable bonds is 8. The van der Waals surface area contributed by atoms with Crippen molar-refractivity contribution in [1.29, 1.82) is 0 Å². The zero-order valence-electron chi connectivity index (χ0n) is 22.9. The zero-order chi connectivity index (χ0) is 29.3. The van der Waals surface area contributed by atoms with Crippen molar-refractivity contribution in [3.8, 4) is 22.5 Å². The minimum absolute atomic E-state index is 0.214. The molecule has 0 bridgehead atoms. The first-order chi connectivity index (χ1) is 19.5. The Morgan fingerprint density at radius 1 is 1.12 bits per heavy atom. The van der Waals surface area contributed by atoms with E-state index < -0.39 is 5.41 Å². The van der Waals surface area contributed by atoms with Crippen LogP contribution in [-0.2, 0) is 13.1 Å². The molecule has 0 amide bonds. The van der Waals surface area contributed by atoms with E-state index in [1.54, 1.807) is 53.6 Å². The van der Waals surface area contributed by atoms with Crippen LogP contribution in [0.4, 0.5) is 5.82 Å². The fraction of sp³-hybridized carbons (Fsp3) is 0.241. The number of carbonyl (C=O) groups excluding carboxylic acids is 2. The highest BCUT2D eigenvalue weighted by Crippen LogP contribution is 2.30. The molecule has 0 spiro atoms. The number of aromatic nitrogens is 5. The third-order valence-electron chi connectivity index (χ3n) is 6.37. The van der Waals surface area contributed by atoms with Gasteiger partial charge in [0.25, 0.3) is 11.5 Å². The number of Topliss-reactive ketones (excluding diaryl/α,β-unsaturated/α-hetero) is 1. The average Bonchev–Trinajstić information content (AvgIpc) is 3.71. The van der Waals surface area contributed by atoms with Gasteiger partial charge in [0.05, 0.1) is 28.6 Å². The number of thiazole rings is 1. The van der Waals surface area contributed by atoms with E-state index in [0.717, 1.165) is 4.88 Å². The quantitative estimate of drug-likeness (QED) is 0.195. The Bertz CT molecular complexity index is 1770. The van der Waals surface area contributed by atoms with E-state index in [1.165, 1.54) is 31.9 Å². The lowest BCUT2D eigenvalue weighted by Crippen LogP contribution is -2.31. The topological polar surface area (TPSA) is 103 Å². The van der Waals surface area contributed by atoms with Gasteiger partial charge in [0.1, 0.15) is 17.2 Å². The van der Waals surface area contributed by atoms with E-state index in [0.29, 0.717) is 39.2 Å². The SMILES string of the molecule is CN(Cc1ccc(Cl)s1)c1cc(-c2ccc(-c3cccnc3)c(=O)n2CC(=O)c2cscn2)nn1C(=O)C(C)(C)C. The maximum atomic E-state index is 13.9. The number of hydrogen-bond acceptors (Lipinski definition) is 9. The van der Waals surface area contributed by atoms with Gasteiger partial charge in [-0.2, -0.15) is 9.78 Å². The molecule has 0 fully saturated rings. The molecule has 0 unspecified atom stereocenters. The van der Waals surface area contributed by atoms with Gasteiger partial charge in [-0.1, -0.05) is 38.4 Å². The van der Waals surface area contributed by atoms with Crippen molar-refractivity contribution in [3.63, 3.8) is 0 Å². The number of carbonyl (C=O) groups is 2. The van der Waals surface area contributed by atoms with Gasteiger partial charge in [-0.25, -0.2) is 4.98 Å². The van der Waals surface area contributed by atoms with Crippen LogP contribution >= 0.6 is 34.3 Å². The second-order valence-electron chi connectivity index (χ2n) is 10.5. The van der Waals surface area contributed by atoms with Crippen molar-refractivity contribution in [2.75, 3.05) is 11.9 Å². The highest BCUT2D eigenvalue weighted by Gasteiger charge is 2.29. The number of anilines is 1. The lowest BCUT2D eigenvalue weighted by atomic mass is 9.96. The summed E-state index contributed by atoms with van der Waals surface area (Å²) in [5, 5.41) is 6.35. The number of pyridine rings is 2. The van der Waals surface area contributed by atoms with E-state index in [1.807, 2.05) is 44.9 Å². The second kappa shape index (κ2) is 11.5. The van der Waals surface area contributed by atoms with Crippen molar-refractivity contribution < 1.29 is 9.59 Å². The minimum Gasteiger partial charge on any atom is -0.354 e. The summed E-state index contributed by atoms with van der Waals surface area (Å²) in [5.74, 6) is 0.0231. The maximum Gasteiger partial charge on any atom is 0.259 e. The molecule has 0 aliphatic carbocycles. The average molecular weight is 607 g/mol. The Labute approximate surface area is 249 Å². The van der Waals surface area contributed by atoms with Crippen LogP contribution in [0.25, 0.3) is 22.5 Å². The number of thiophene rings is 1. The molecule has 210 valence electrons. The standard InChI is InChI=1S/C29H27ClN6O3S2/c1-29(2,3)28(39)36-26(34(4)14-19-7-10-25(30)41-19)12-21(33-36)23-9-8-20(18-6-5-11-31-13-18)27(38)35(23)15-24(37)22-16-40-17-32-22/h5-13,16-17H,14-15H2,1-4H3. The van der Waals surface area contributed by atoms with E-state index in [4.69, 9.17) is 16.7 Å². The van der Waals surface area contributed by atoms with E-state index in [-0.39, 0.29) is 29.5 Å². The van der Waals surface area contributed by atoms with Gasteiger partial charge in [0.2, 0.25) is 5.78 Å². The summed E-state index contributed by atoms with van der Waals surface area (Å²) >= 11 is 8.91. The van der Waals surface area contributed by atoms with Crippen molar-refractivity contribution in [3.05, 3.63) is 91.0 Å². The predicted octanol–water partition coefficient (Wildman–Crippen LogP) is 6.15. The van der Waals surface area contributed by atoms with Crippen LogP contribution < -0.4 is 10.5 Å². The largest absolute Gasteiger partial charge is 0.354 e. The molecular formula is C29H27ClN6O3S2. The zero-order valence-corrected chi connectivity index (χ0v) is 25.3. The number of hydrogen-bond donors (Lipinski definition) is 0. The molecule has 5 heterocycles. The van der Waals surface area contributed by atoms with Gasteiger partial charge in [0, 0.05) is 52.3 Å². The van der Waals surface area contributed by atoms with Crippen LogP contribution in [0.1, 0.15) is 40.9 Å². The molecule has 0 N–H and O–H groups in total. The lowest BCUT2D eigenvalue weighted by molar-refractivity contribution is 0.0750.